The standard InChI is InChI=1S/C18H16BrClN4OS/c1-11-9-12(7-8-14(11)19)21-16(25)10-26-18-23-22-17(24(18)2)13-5-3-4-6-15(13)20/h3-9H,10H2,1-2H3,(H,21,25). The number of aromatic nitrogens is 3. The Balaban J connectivity index is 1.66. The van der Waals surface area contributed by atoms with Crippen LogP contribution in [-0.2, 0) is 11.8 Å². The lowest BCUT2D eigenvalue weighted by molar-refractivity contribution is -0.113. The number of halogens is 2. The van der Waals surface area contributed by atoms with E-state index in [2.05, 4.69) is 31.4 Å². The van der Waals surface area contributed by atoms with Crippen molar-refractivity contribution < 1.29 is 4.79 Å². The van der Waals surface area contributed by atoms with Crippen LogP contribution < -0.4 is 5.32 Å². The van der Waals surface area contributed by atoms with Crippen molar-refractivity contribution in [3.05, 3.63) is 57.5 Å². The number of benzene rings is 2. The summed E-state index contributed by atoms with van der Waals surface area (Å²) >= 11 is 11.0. The minimum absolute atomic E-state index is 0.0981. The van der Waals surface area contributed by atoms with E-state index in [1.54, 1.807) is 0 Å². The molecule has 0 saturated heterocycles. The molecule has 26 heavy (non-hydrogen) atoms. The van der Waals surface area contributed by atoms with Crippen LogP contribution in [0.5, 0.6) is 0 Å². The van der Waals surface area contributed by atoms with Gasteiger partial charge in [0.25, 0.3) is 0 Å². The molecule has 134 valence electrons. The summed E-state index contributed by atoms with van der Waals surface area (Å²) in [5.74, 6) is 0.810. The molecule has 0 bridgehead atoms. The summed E-state index contributed by atoms with van der Waals surface area (Å²) in [5, 5.41) is 12.5. The van der Waals surface area contributed by atoms with Crippen molar-refractivity contribution in [2.75, 3.05) is 11.1 Å². The van der Waals surface area contributed by atoms with Crippen molar-refractivity contribution in [1.82, 2.24) is 14.8 Å². The molecule has 8 heteroatoms. The summed E-state index contributed by atoms with van der Waals surface area (Å²) in [6.07, 6.45) is 0. The van der Waals surface area contributed by atoms with Gasteiger partial charge in [0.1, 0.15) is 0 Å². The van der Waals surface area contributed by atoms with E-state index in [-0.39, 0.29) is 11.7 Å². The van der Waals surface area contributed by atoms with Crippen LogP contribution in [-0.4, -0.2) is 26.4 Å². The Bertz CT molecular complexity index is 960. The number of nitrogens with one attached hydrogen (secondary N) is 1. The average molecular weight is 452 g/mol. The van der Waals surface area contributed by atoms with Crippen LogP contribution >= 0.6 is 39.3 Å². The van der Waals surface area contributed by atoms with Crippen molar-refractivity contribution in [2.24, 2.45) is 7.05 Å². The fourth-order valence-corrected chi connectivity index (χ4v) is 3.55. The highest BCUT2D eigenvalue weighted by Gasteiger charge is 2.15. The number of aryl methyl sites for hydroxylation is 1. The van der Waals surface area contributed by atoms with Crippen LogP contribution in [0.3, 0.4) is 0 Å². The summed E-state index contributed by atoms with van der Waals surface area (Å²) in [4.78, 5) is 12.2. The molecule has 1 amide bonds. The zero-order valence-electron chi connectivity index (χ0n) is 14.2. The lowest BCUT2D eigenvalue weighted by Crippen LogP contribution is -2.14. The molecule has 0 saturated carbocycles. The molecule has 0 unspecified atom stereocenters. The van der Waals surface area contributed by atoms with Gasteiger partial charge in [-0.25, -0.2) is 0 Å². The van der Waals surface area contributed by atoms with Crippen LogP contribution in [0, 0.1) is 6.92 Å². The highest BCUT2D eigenvalue weighted by Crippen LogP contribution is 2.28. The van der Waals surface area contributed by atoms with E-state index in [1.165, 1.54) is 11.8 Å². The van der Waals surface area contributed by atoms with Crippen molar-refractivity contribution in [3.63, 3.8) is 0 Å². The molecule has 2 aromatic carbocycles. The Morgan fingerprint density at radius 3 is 2.77 bits per heavy atom. The van der Waals surface area contributed by atoms with Gasteiger partial charge in [-0.3, -0.25) is 4.79 Å². The molecule has 0 aliphatic heterocycles. The summed E-state index contributed by atoms with van der Waals surface area (Å²) < 4.78 is 2.85. The topological polar surface area (TPSA) is 59.8 Å². The van der Waals surface area contributed by atoms with E-state index in [4.69, 9.17) is 11.6 Å². The second-order valence-corrected chi connectivity index (χ2v) is 7.85. The van der Waals surface area contributed by atoms with Gasteiger partial charge >= 0.3 is 0 Å². The second-order valence-electron chi connectivity index (χ2n) is 5.65. The third kappa shape index (κ3) is 4.28. The van der Waals surface area contributed by atoms with Gasteiger partial charge in [-0.15, -0.1) is 10.2 Å². The van der Waals surface area contributed by atoms with Gasteiger partial charge in [-0.2, -0.15) is 0 Å². The van der Waals surface area contributed by atoms with Gasteiger partial charge < -0.3 is 9.88 Å². The lowest BCUT2D eigenvalue weighted by atomic mass is 10.2. The molecule has 0 aliphatic carbocycles. The minimum atomic E-state index is -0.0981. The molecule has 0 spiro atoms. The largest absolute Gasteiger partial charge is 0.325 e. The van der Waals surface area contributed by atoms with Crippen molar-refractivity contribution in [2.45, 2.75) is 12.1 Å². The number of anilines is 1. The first-order valence-electron chi connectivity index (χ1n) is 7.79. The molecule has 1 heterocycles. The van der Waals surface area contributed by atoms with Gasteiger partial charge in [0, 0.05) is 22.8 Å². The monoisotopic (exact) mass is 450 g/mol. The Kier molecular flexibility index (Phi) is 6.01. The lowest BCUT2D eigenvalue weighted by Gasteiger charge is -2.07. The average Bonchev–Trinajstić information content (AvgIpc) is 2.97. The van der Waals surface area contributed by atoms with Crippen molar-refractivity contribution in [1.29, 1.82) is 0 Å². The molecule has 1 N–H and O–H groups in total. The summed E-state index contributed by atoms with van der Waals surface area (Å²) in [7, 11) is 1.86. The summed E-state index contributed by atoms with van der Waals surface area (Å²) in [5.41, 5.74) is 2.64. The van der Waals surface area contributed by atoms with E-state index in [0.29, 0.717) is 16.0 Å². The number of amides is 1. The first kappa shape index (κ1) is 18.9. The van der Waals surface area contributed by atoms with Crippen LogP contribution in [0.25, 0.3) is 11.4 Å². The van der Waals surface area contributed by atoms with Gasteiger partial charge in [0.15, 0.2) is 11.0 Å². The summed E-state index contributed by atoms with van der Waals surface area (Å²) in [6, 6.07) is 13.2. The van der Waals surface area contributed by atoms with Crippen molar-refractivity contribution >= 4 is 50.9 Å². The molecular formula is C18H16BrClN4OS. The van der Waals surface area contributed by atoms with E-state index < -0.39 is 0 Å². The van der Waals surface area contributed by atoms with Gasteiger partial charge in [-0.05, 0) is 42.8 Å². The van der Waals surface area contributed by atoms with E-state index in [0.717, 1.165) is 21.3 Å². The molecule has 3 aromatic rings. The maximum atomic E-state index is 12.2. The van der Waals surface area contributed by atoms with Crippen LogP contribution in [0.1, 0.15) is 5.56 Å². The van der Waals surface area contributed by atoms with Gasteiger partial charge in [-0.1, -0.05) is 51.4 Å². The van der Waals surface area contributed by atoms with Gasteiger partial charge in [0.05, 0.1) is 10.8 Å². The third-order valence-electron chi connectivity index (χ3n) is 3.72. The van der Waals surface area contributed by atoms with E-state index in [9.17, 15) is 4.79 Å². The highest BCUT2D eigenvalue weighted by atomic mass is 79.9. The normalized spacial score (nSPS) is 10.8. The summed E-state index contributed by atoms with van der Waals surface area (Å²) in [6.45, 7) is 1.98. The number of thioether (sulfide) groups is 1. The Morgan fingerprint density at radius 2 is 2.04 bits per heavy atom. The fraction of sp³-hybridized carbons (Fsp3) is 0.167. The molecule has 0 aliphatic rings. The zero-order valence-corrected chi connectivity index (χ0v) is 17.3. The molecule has 1 aromatic heterocycles. The maximum Gasteiger partial charge on any atom is 0.234 e. The first-order chi connectivity index (χ1) is 12.5. The molecule has 3 rings (SSSR count). The molecule has 5 nitrogen and oxygen atoms in total. The number of rotatable bonds is 5. The van der Waals surface area contributed by atoms with Gasteiger partial charge in [0.2, 0.25) is 5.91 Å². The second kappa shape index (κ2) is 8.24. The quantitative estimate of drug-likeness (QED) is 0.558. The fourth-order valence-electron chi connectivity index (χ4n) is 2.37. The molecule has 0 atom stereocenters. The third-order valence-corrected chi connectivity index (χ3v) is 5.96. The first-order valence-corrected chi connectivity index (χ1v) is 9.94. The van der Waals surface area contributed by atoms with E-state index >= 15 is 0 Å². The highest BCUT2D eigenvalue weighted by molar-refractivity contribution is 9.10. The predicted molar refractivity (Wildman–Crippen MR) is 110 cm³/mol. The van der Waals surface area contributed by atoms with Crippen molar-refractivity contribution in [3.8, 4) is 11.4 Å². The number of carbonyl (C=O) groups excluding carboxylic acids is 1. The van der Waals surface area contributed by atoms with Crippen LogP contribution in [0.4, 0.5) is 5.69 Å². The molecular weight excluding hydrogens is 436 g/mol. The van der Waals surface area contributed by atoms with Crippen LogP contribution in [0.2, 0.25) is 5.02 Å². The molecule has 0 fully saturated rings. The maximum absolute atomic E-state index is 12.2. The number of carbonyl (C=O) groups is 1. The Labute approximate surface area is 169 Å². The van der Waals surface area contributed by atoms with E-state index in [1.807, 2.05) is 61.0 Å². The number of hydrogen-bond acceptors (Lipinski definition) is 4. The minimum Gasteiger partial charge on any atom is -0.325 e. The van der Waals surface area contributed by atoms with Crippen LogP contribution in [0.15, 0.2) is 52.1 Å². The Morgan fingerprint density at radius 1 is 1.27 bits per heavy atom. The smallest absolute Gasteiger partial charge is 0.234 e. The number of nitrogens with zero attached hydrogens (tertiary/aromatic N) is 3. The number of hydrogen-bond donors (Lipinski definition) is 1. The predicted octanol–water partition coefficient (Wildman–Crippen LogP) is 4.94. The Hall–Kier alpha value is -1.83. The SMILES string of the molecule is Cc1cc(NC(=O)CSc2nnc(-c3ccccc3Cl)n2C)ccc1Br. The zero-order chi connectivity index (χ0) is 18.7. The molecule has 0 radical (unpaired) electrons.